The summed E-state index contributed by atoms with van der Waals surface area (Å²) in [5.74, 6) is -0.745. The summed E-state index contributed by atoms with van der Waals surface area (Å²) in [5, 5.41) is 9.35. The minimum atomic E-state index is -0.573. The van der Waals surface area contributed by atoms with E-state index in [-0.39, 0.29) is 36.8 Å². The van der Waals surface area contributed by atoms with E-state index in [1.165, 1.54) is 6.20 Å². The standard InChI is InChI=1S/C30H36N6O5/c1-30(2,3)41-29(40)36-16-14-35(15-17-36)25(37)12-13-32-27(38)20-10-11-24-22(18-20)26(23(19-33-24)28(39)31-4)34-21-8-6-5-7-9-21/h5-11,18-19H,12-17H2,1-4H3,(H,31,39)(H,32,38)(H,33,34). The monoisotopic (exact) mass is 560 g/mol. The molecule has 1 fully saturated rings. The van der Waals surface area contributed by atoms with Crippen molar-refractivity contribution in [1.29, 1.82) is 0 Å². The third kappa shape index (κ3) is 7.50. The molecule has 0 bridgehead atoms. The first-order valence-corrected chi connectivity index (χ1v) is 13.6. The fraction of sp³-hybridized carbons (Fsp3) is 0.367. The predicted octanol–water partition coefficient (Wildman–Crippen LogP) is 3.54. The molecule has 3 N–H and O–H groups in total. The van der Waals surface area contributed by atoms with E-state index in [2.05, 4.69) is 20.9 Å². The first kappa shape index (κ1) is 29.3. The number of carbonyl (C=O) groups is 4. The van der Waals surface area contributed by atoms with Crippen LogP contribution in [0.5, 0.6) is 0 Å². The molecule has 1 aliphatic heterocycles. The Morgan fingerprint density at radius 3 is 2.27 bits per heavy atom. The van der Waals surface area contributed by atoms with Gasteiger partial charge in [-0.25, -0.2) is 4.79 Å². The number of ether oxygens (including phenoxy) is 1. The number of amides is 4. The van der Waals surface area contributed by atoms with E-state index in [1.807, 2.05) is 51.1 Å². The maximum absolute atomic E-state index is 13.0. The molecule has 2 aromatic carbocycles. The number of hydrogen-bond acceptors (Lipinski definition) is 7. The van der Waals surface area contributed by atoms with Gasteiger partial charge in [-0.2, -0.15) is 0 Å². The van der Waals surface area contributed by atoms with Crippen LogP contribution in [0.15, 0.2) is 54.7 Å². The van der Waals surface area contributed by atoms with Crippen LogP contribution < -0.4 is 16.0 Å². The lowest BCUT2D eigenvalue weighted by molar-refractivity contribution is -0.132. The normalized spacial score (nSPS) is 13.5. The van der Waals surface area contributed by atoms with Gasteiger partial charge in [0.05, 0.1) is 16.8 Å². The quantitative estimate of drug-likeness (QED) is 0.403. The summed E-state index contributed by atoms with van der Waals surface area (Å²) in [6.45, 7) is 7.23. The molecule has 0 saturated carbocycles. The Balaban J connectivity index is 1.39. The number of aromatic nitrogens is 1. The van der Waals surface area contributed by atoms with Gasteiger partial charge in [0.1, 0.15) is 5.60 Å². The van der Waals surface area contributed by atoms with Crippen molar-refractivity contribution in [3.05, 3.63) is 65.9 Å². The number of anilines is 2. The number of para-hydroxylation sites is 1. The van der Waals surface area contributed by atoms with Crippen LogP contribution in [-0.2, 0) is 9.53 Å². The first-order chi connectivity index (χ1) is 19.6. The second kappa shape index (κ2) is 12.7. The molecule has 0 atom stereocenters. The van der Waals surface area contributed by atoms with Gasteiger partial charge in [-0.05, 0) is 51.1 Å². The molecule has 2 heterocycles. The fourth-order valence-corrected chi connectivity index (χ4v) is 4.45. The van der Waals surface area contributed by atoms with Gasteiger partial charge in [0.2, 0.25) is 5.91 Å². The second-order valence-electron chi connectivity index (χ2n) is 10.7. The third-order valence-electron chi connectivity index (χ3n) is 6.55. The van der Waals surface area contributed by atoms with Crippen molar-refractivity contribution in [3.8, 4) is 0 Å². The van der Waals surface area contributed by atoms with Crippen molar-refractivity contribution in [2.24, 2.45) is 0 Å². The smallest absolute Gasteiger partial charge is 0.410 e. The van der Waals surface area contributed by atoms with Gasteiger partial charge < -0.3 is 30.5 Å². The molecule has 1 aliphatic rings. The number of fused-ring (bicyclic) bond motifs is 1. The number of benzene rings is 2. The number of pyridine rings is 1. The van der Waals surface area contributed by atoms with E-state index in [1.54, 1.807) is 35.0 Å². The van der Waals surface area contributed by atoms with E-state index in [0.717, 1.165) is 5.69 Å². The van der Waals surface area contributed by atoms with Crippen LogP contribution in [0.3, 0.4) is 0 Å². The van der Waals surface area contributed by atoms with Gasteiger partial charge in [0.25, 0.3) is 11.8 Å². The molecule has 11 nitrogen and oxygen atoms in total. The van der Waals surface area contributed by atoms with Gasteiger partial charge in [-0.1, -0.05) is 18.2 Å². The Kier molecular flexibility index (Phi) is 9.06. The third-order valence-corrected chi connectivity index (χ3v) is 6.55. The van der Waals surface area contributed by atoms with Gasteiger partial charge in [0.15, 0.2) is 0 Å². The number of piperazine rings is 1. The van der Waals surface area contributed by atoms with Crippen molar-refractivity contribution >= 4 is 46.1 Å². The lowest BCUT2D eigenvalue weighted by Gasteiger charge is -2.35. The molecule has 1 aromatic heterocycles. The minimum absolute atomic E-state index is 0.0959. The molecule has 216 valence electrons. The maximum Gasteiger partial charge on any atom is 0.410 e. The number of nitrogens with one attached hydrogen (secondary N) is 3. The lowest BCUT2D eigenvalue weighted by Crippen LogP contribution is -2.52. The zero-order valence-corrected chi connectivity index (χ0v) is 23.8. The van der Waals surface area contributed by atoms with Crippen molar-refractivity contribution in [3.63, 3.8) is 0 Å². The molecule has 0 spiro atoms. The lowest BCUT2D eigenvalue weighted by atomic mass is 10.0. The summed E-state index contributed by atoms with van der Waals surface area (Å²) in [6, 6.07) is 14.5. The Morgan fingerprint density at radius 2 is 1.61 bits per heavy atom. The van der Waals surface area contributed by atoms with Crippen molar-refractivity contribution in [2.75, 3.05) is 45.1 Å². The van der Waals surface area contributed by atoms with Gasteiger partial charge in [-0.3, -0.25) is 19.4 Å². The van der Waals surface area contributed by atoms with Crippen LogP contribution in [0.4, 0.5) is 16.2 Å². The fourth-order valence-electron chi connectivity index (χ4n) is 4.45. The number of carbonyl (C=O) groups excluding carboxylic acids is 4. The Labute approximate surface area is 239 Å². The second-order valence-corrected chi connectivity index (χ2v) is 10.7. The Bertz CT molecular complexity index is 1430. The molecule has 41 heavy (non-hydrogen) atoms. The Hall–Kier alpha value is -4.67. The van der Waals surface area contributed by atoms with E-state index in [0.29, 0.717) is 53.9 Å². The van der Waals surface area contributed by atoms with Crippen molar-refractivity contribution in [1.82, 2.24) is 25.4 Å². The molecule has 0 aliphatic carbocycles. The van der Waals surface area contributed by atoms with Gasteiger partial charge >= 0.3 is 6.09 Å². The molecule has 0 unspecified atom stereocenters. The molecule has 11 heteroatoms. The van der Waals surface area contributed by atoms with Crippen molar-refractivity contribution in [2.45, 2.75) is 32.8 Å². The molecule has 0 radical (unpaired) electrons. The summed E-state index contributed by atoms with van der Waals surface area (Å²) >= 11 is 0. The highest BCUT2D eigenvalue weighted by atomic mass is 16.6. The van der Waals surface area contributed by atoms with Gasteiger partial charge in [-0.15, -0.1) is 0 Å². The van der Waals surface area contributed by atoms with E-state index < -0.39 is 5.60 Å². The average molecular weight is 561 g/mol. The molecule has 4 rings (SSSR count). The zero-order valence-electron chi connectivity index (χ0n) is 23.8. The highest BCUT2D eigenvalue weighted by molar-refractivity contribution is 6.09. The summed E-state index contributed by atoms with van der Waals surface area (Å²) < 4.78 is 5.40. The van der Waals surface area contributed by atoms with Crippen LogP contribution in [0, 0.1) is 0 Å². The molecular formula is C30H36N6O5. The van der Waals surface area contributed by atoms with E-state index in [9.17, 15) is 19.2 Å². The summed E-state index contributed by atoms with van der Waals surface area (Å²) in [7, 11) is 1.55. The van der Waals surface area contributed by atoms with E-state index >= 15 is 0 Å². The highest BCUT2D eigenvalue weighted by Crippen LogP contribution is 2.30. The van der Waals surface area contributed by atoms with Crippen molar-refractivity contribution < 1.29 is 23.9 Å². The topological polar surface area (TPSA) is 133 Å². The summed E-state index contributed by atoms with van der Waals surface area (Å²) in [5.41, 5.74) is 2.09. The highest BCUT2D eigenvalue weighted by Gasteiger charge is 2.27. The van der Waals surface area contributed by atoms with Crippen LogP contribution in [0.1, 0.15) is 47.9 Å². The molecule has 3 aromatic rings. The SMILES string of the molecule is CNC(=O)c1cnc2ccc(C(=O)NCCC(=O)N3CCN(C(=O)OC(C)(C)C)CC3)cc2c1Nc1ccccc1. The molecular weight excluding hydrogens is 524 g/mol. The largest absolute Gasteiger partial charge is 0.444 e. The van der Waals surface area contributed by atoms with Crippen LogP contribution in [0.2, 0.25) is 0 Å². The molecule has 1 saturated heterocycles. The average Bonchev–Trinajstić information content (AvgIpc) is 2.96. The number of nitrogens with zero attached hydrogens (tertiary/aromatic N) is 3. The van der Waals surface area contributed by atoms with Crippen LogP contribution >= 0.6 is 0 Å². The van der Waals surface area contributed by atoms with Gasteiger partial charge in [0, 0.05) is 69.0 Å². The minimum Gasteiger partial charge on any atom is -0.444 e. The number of hydrogen-bond donors (Lipinski definition) is 3. The summed E-state index contributed by atoms with van der Waals surface area (Å²) in [4.78, 5) is 58.3. The van der Waals surface area contributed by atoms with Crippen LogP contribution in [0.25, 0.3) is 10.9 Å². The molecule has 4 amide bonds. The first-order valence-electron chi connectivity index (χ1n) is 13.6. The van der Waals surface area contributed by atoms with E-state index in [4.69, 9.17) is 4.74 Å². The number of rotatable bonds is 7. The van der Waals surface area contributed by atoms with Crippen LogP contribution in [-0.4, -0.2) is 84.0 Å². The summed E-state index contributed by atoms with van der Waals surface area (Å²) in [6.07, 6.45) is 1.26. The zero-order chi connectivity index (χ0) is 29.6. The maximum atomic E-state index is 13.0. The predicted molar refractivity (Wildman–Crippen MR) is 156 cm³/mol. The Morgan fingerprint density at radius 1 is 0.927 bits per heavy atom.